The summed E-state index contributed by atoms with van der Waals surface area (Å²) in [6, 6.07) is 0. The topological polar surface area (TPSA) is 187 Å². The summed E-state index contributed by atoms with van der Waals surface area (Å²) < 4.78 is 13.3. The van der Waals surface area contributed by atoms with Gasteiger partial charge in [0.1, 0.15) is 22.7 Å². The average molecular weight is 1020 g/mol. The van der Waals surface area contributed by atoms with Gasteiger partial charge in [-0.1, -0.05) is 72.4 Å². The van der Waals surface area contributed by atoms with Gasteiger partial charge in [0, 0.05) is 73.6 Å². The Morgan fingerprint density at radius 1 is 0.944 bits per heavy atom. The zero-order valence-electron chi connectivity index (χ0n) is 42.0. The van der Waals surface area contributed by atoms with Gasteiger partial charge in [-0.15, -0.1) is 0 Å². The molecule has 10 atom stereocenters. The van der Waals surface area contributed by atoms with E-state index in [2.05, 4.69) is 53.3 Å². The van der Waals surface area contributed by atoms with Gasteiger partial charge in [-0.25, -0.2) is 9.59 Å². The number of nitrogens with one attached hydrogen (secondary N) is 3. The first-order chi connectivity index (χ1) is 34.9. The molecule has 3 saturated carbocycles. The van der Waals surface area contributed by atoms with Gasteiger partial charge in [0.2, 0.25) is 0 Å². The van der Waals surface area contributed by atoms with Crippen molar-refractivity contribution in [3.8, 4) is 0 Å². The number of aliphatic hydroxyl groups excluding tert-OH is 3. The standard InChI is InChI=1S/C57H74N4O9S2/c1-3-56(22-4-5-23-56)28-43-41-13-12-39-38-20-24-57(50(39)49(41)54(67)69-43)44-16-14-36(35-10-8-33(9-11-35)27-34(31-63)7-6-26-62)53(59-29-32(2)64)72-71-45-17-15-40-37(21-25-58-52(40)60-45)42(48(38)51(57)55(68)70-44)30-61-46(65)18-19-47(61)66/h15-19,21,28,32-36,38-39,42,45,50,53,58-60,62-64H,3-14,20,22-27,29-31H2,1-2H3/b43-28-,44-16+/t32-,33?,34+,35?,36-,38-,39-,42-,45+,50+,53-,57-/m0/s1. The number of imide groups is 1. The lowest BCUT2D eigenvalue weighted by Gasteiger charge is -2.57. The molecule has 7 aliphatic heterocycles. The molecule has 1 spiro atoms. The van der Waals surface area contributed by atoms with E-state index in [0.29, 0.717) is 73.3 Å². The van der Waals surface area contributed by atoms with Crippen LogP contribution in [0.4, 0.5) is 0 Å². The Morgan fingerprint density at radius 3 is 2.47 bits per heavy atom. The van der Waals surface area contributed by atoms with Gasteiger partial charge < -0.3 is 40.7 Å². The van der Waals surface area contributed by atoms with Crippen LogP contribution in [0.3, 0.4) is 0 Å². The van der Waals surface area contributed by atoms with E-state index in [1.807, 2.05) is 6.92 Å². The van der Waals surface area contributed by atoms with Crippen molar-refractivity contribution in [1.82, 2.24) is 20.9 Å². The van der Waals surface area contributed by atoms with Gasteiger partial charge in [-0.2, -0.15) is 0 Å². The minimum Gasteiger partial charge on any atom is -0.427 e. The van der Waals surface area contributed by atoms with Crippen molar-refractivity contribution in [2.45, 2.75) is 140 Å². The van der Waals surface area contributed by atoms with Gasteiger partial charge in [0.15, 0.2) is 0 Å². The summed E-state index contributed by atoms with van der Waals surface area (Å²) in [5.41, 5.74) is 4.18. The van der Waals surface area contributed by atoms with Crippen molar-refractivity contribution in [2.75, 3.05) is 32.8 Å². The highest BCUT2D eigenvalue weighted by atomic mass is 33.1. The lowest BCUT2D eigenvalue weighted by atomic mass is 9.43. The number of carbonyl (C=O) groups excluding carboxylic acids is 4. The summed E-state index contributed by atoms with van der Waals surface area (Å²) in [6.45, 7) is 5.31. The van der Waals surface area contributed by atoms with Crippen LogP contribution < -0.4 is 16.0 Å². The summed E-state index contributed by atoms with van der Waals surface area (Å²) in [4.78, 5) is 58.8. The Hall–Kier alpha value is -3.86. The molecule has 6 aliphatic carbocycles. The quantitative estimate of drug-likeness (QED) is 0.0560. The van der Waals surface area contributed by atoms with Gasteiger partial charge >= 0.3 is 11.9 Å². The molecular weight excluding hydrogens is 949 g/mol. The van der Waals surface area contributed by atoms with Crippen molar-refractivity contribution < 1.29 is 44.0 Å². The van der Waals surface area contributed by atoms with E-state index in [-0.39, 0.29) is 83.3 Å². The molecule has 13 nitrogen and oxygen atoms in total. The van der Waals surface area contributed by atoms with Crippen LogP contribution in [0.1, 0.15) is 123 Å². The normalized spacial score (nSPS) is 36.8. The Balaban J connectivity index is 1.07. The maximum absolute atomic E-state index is 15.4. The van der Waals surface area contributed by atoms with E-state index in [0.717, 1.165) is 112 Å². The second-order valence-corrected chi connectivity index (χ2v) is 25.5. The highest BCUT2D eigenvalue weighted by Crippen LogP contribution is 2.72. The highest BCUT2D eigenvalue weighted by Gasteiger charge is 2.69. The van der Waals surface area contributed by atoms with E-state index < -0.39 is 23.4 Å². The van der Waals surface area contributed by atoms with Crippen LogP contribution in [0.2, 0.25) is 0 Å². The molecule has 388 valence electrons. The number of rotatable bonds is 14. The van der Waals surface area contributed by atoms with Crippen molar-refractivity contribution in [3.63, 3.8) is 0 Å². The first-order valence-electron chi connectivity index (χ1n) is 27.4. The third-order valence-electron chi connectivity index (χ3n) is 19.1. The minimum atomic E-state index is -0.972. The smallest absolute Gasteiger partial charge is 0.340 e. The van der Waals surface area contributed by atoms with Crippen LogP contribution in [0.5, 0.6) is 0 Å². The SMILES string of the molecule is CCC1(/C=C2\OC(=O)C3=C2CC[C@H]2[C@@H]4CC[C@@]5(C6=C4[C@@H](CN4C(=O)C=CC4=O)C4=CCNC7=C4C=C[C@H](N7)SS[C@H](NC[C@H](C)O)[C@H](C4CCC(C[C@H](CO)CCCO)CC4)C/C=C\5OC6=O)[C@@H]32)CCCC1. The summed E-state index contributed by atoms with van der Waals surface area (Å²) in [5, 5.41) is 41.6. The monoisotopic (exact) mass is 1020 g/mol. The molecule has 0 aromatic carbocycles. The van der Waals surface area contributed by atoms with Gasteiger partial charge in [0.25, 0.3) is 11.8 Å². The molecule has 6 N–H and O–H groups in total. The molecule has 0 radical (unpaired) electrons. The molecule has 15 heteroatoms. The maximum atomic E-state index is 15.4. The Kier molecular flexibility index (Phi) is 14.5. The van der Waals surface area contributed by atoms with Crippen LogP contribution in [-0.2, 0) is 28.7 Å². The van der Waals surface area contributed by atoms with Crippen molar-refractivity contribution >= 4 is 45.3 Å². The zero-order valence-corrected chi connectivity index (χ0v) is 43.6. The summed E-state index contributed by atoms with van der Waals surface area (Å²) >= 11 is 0. The number of allylic oxidation sites excluding steroid dienone is 6. The fourth-order valence-corrected chi connectivity index (χ4v) is 18.5. The average Bonchev–Trinajstić information content (AvgIpc) is 4.15. The number of ether oxygens (including phenoxy) is 2. The molecule has 1 saturated heterocycles. The van der Waals surface area contributed by atoms with Crippen molar-refractivity contribution in [1.29, 1.82) is 0 Å². The predicted octanol–water partition coefficient (Wildman–Crippen LogP) is 7.91. The van der Waals surface area contributed by atoms with Crippen LogP contribution >= 0.6 is 21.6 Å². The Labute approximate surface area is 432 Å². The van der Waals surface area contributed by atoms with Crippen LogP contribution in [0, 0.1) is 58.2 Å². The number of dihydropyridines is 2. The fraction of sp³-hybridized carbons (Fsp3) is 0.649. The number of aliphatic hydroxyl groups is 3. The van der Waals surface area contributed by atoms with Crippen LogP contribution in [-0.4, -0.2) is 93.7 Å². The number of cyclic esters (lactones) is 1. The molecule has 2 amide bonds. The Morgan fingerprint density at radius 2 is 1.74 bits per heavy atom. The first-order valence-corrected chi connectivity index (χ1v) is 29.7. The lowest BCUT2D eigenvalue weighted by molar-refractivity contribution is -0.138. The van der Waals surface area contributed by atoms with E-state index in [4.69, 9.17) is 9.47 Å². The number of carbonyl (C=O) groups is 4. The molecule has 0 unspecified atom stereocenters. The molecule has 13 rings (SSSR count). The summed E-state index contributed by atoms with van der Waals surface area (Å²) in [6.07, 6.45) is 28.6. The van der Waals surface area contributed by atoms with Crippen molar-refractivity contribution in [2.24, 2.45) is 58.2 Å². The third kappa shape index (κ3) is 8.94. The van der Waals surface area contributed by atoms with E-state index in [1.54, 1.807) is 21.6 Å². The lowest BCUT2D eigenvalue weighted by Crippen LogP contribution is -2.54. The number of esters is 2. The number of fused-ring (bicyclic) bond motifs is 6. The summed E-state index contributed by atoms with van der Waals surface area (Å²) in [7, 11) is 3.53. The van der Waals surface area contributed by atoms with E-state index >= 15 is 4.79 Å². The minimum absolute atomic E-state index is 0.00849. The third-order valence-corrected chi connectivity index (χ3v) is 22.0. The number of hydrogen-bond acceptors (Lipinski definition) is 14. The summed E-state index contributed by atoms with van der Waals surface area (Å²) in [5.74, 6) is 0.835. The highest BCUT2D eigenvalue weighted by molar-refractivity contribution is 8.77. The predicted molar refractivity (Wildman–Crippen MR) is 277 cm³/mol. The van der Waals surface area contributed by atoms with Crippen LogP contribution in [0.15, 0.2) is 93.3 Å². The molecular formula is C57H74N4O9S2. The molecule has 72 heavy (non-hydrogen) atoms. The zero-order chi connectivity index (χ0) is 49.9. The van der Waals surface area contributed by atoms with E-state index in [1.165, 1.54) is 17.1 Å². The first kappa shape index (κ1) is 50.3. The number of amides is 2. The molecule has 4 fully saturated rings. The second kappa shape index (κ2) is 20.7. The second-order valence-electron chi connectivity index (χ2n) is 22.9. The molecule has 13 aliphatic rings. The molecule has 7 heterocycles. The molecule has 9 bridgehead atoms. The van der Waals surface area contributed by atoms with E-state index in [9.17, 15) is 29.7 Å². The number of nitrogens with zero attached hydrogens (tertiary/aromatic N) is 1. The van der Waals surface area contributed by atoms with Gasteiger partial charge in [-0.05, 0) is 155 Å². The largest absolute Gasteiger partial charge is 0.427 e. The fourth-order valence-electron chi connectivity index (χ4n) is 15.6. The van der Waals surface area contributed by atoms with Gasteiger partial charge in [0.05, 0.1) is 22.5 Å². The number of hydrogen-bond donors (Lipinski definition) is 6. The molecule has 0 aromatic heterocycles. The maximum Gasteiger partial charge on any atom is 0.340 e. The van der Waals surface area contributed by atoms with Gasteiger partial charge in [-0.3, -0.25) is 14.5 Å². The van der Waals surface area contributed by atoms with Crippen LogP contribution in [0.25, 0.3) is 0 Å². The molecule has 0 aromatic rings. The Bertz CT molecular complexity index is 2460. The van der Waals surface area contributed by atoms with Crippen molar-refractivity contribution in [3.05, 3.63) is 93.3 Å².